The lowest BCUT2D eigenvalue weighted by Gasteiger charge is -2.07. The maximum Gasteiger partial charge on any atom is 0.114 e. The third kappa shape index (κ3) is 1.20. The zero-order valence-corrected chi connectivity index (χ0v) is 4.05. The Morgan fingerprint density at radius 3 is 2.86 bits per heavy atom. The maximum atomic E-state index is 10.4. The molecule has 7 heavy (non-hydrogen) atoms. The Morgan fingerprint density at radius 2 is 2.57 bits per heavy atom. The fourth-order valence-corrected chi connectivity index (χ4v) is 0.581. The smallest absolute Gasteiger partial charge is 0.114 e. The zero-order valence-electron chi connectivity index (χ0n) is 4.05. The van der Waals surface area contributed by atoms with Gasteiger partial charge in [0, 0.05) is 6.54 Å². The van der Waals surface area contributed by atoms with Gasteiger partial charge in [0.15, 0.2) is 0 Å². The maximum absolute atomic E-state index is 10.4. The van der Waals surface area contributed by atoms with Crippen LogP contribution in [0.1, 0.15) is 6.42 Å². The third-order valence-corrected chi connectivity index (χ3v) is 1.00. The van der Waals surface area contributed by atoms with Gasteiger partial charge in [0.2, 0.25) is 0 Å². The molecular weight excluding hydrogens is 90.1 g/mol. The van der Waals surface area contributed by atoms with Gasteiger partial charge in [0.25, 0.3) is 0 Å². The van der Waals surface area contributed by atoms with Crippen molar-refractivity contribution >= 4 is 0 Å². The summed E-state index contributed by atoms with van der Waals surface area (Å²) in [6.07, 6.45) is 3.64. The van der Waals surface area contributed by atoms with Gasteiger partial charge in [-0.3, -0.25) is 0 Å². The molecule has 1 radical (unpaired) electrons. The van der Waals surface area contributed by atoms with Crippen molar-refractivity contribution in [3.63, 3.8) is 0 Å². The molecule has 0 bridgehead atoms. The van der Waals surface area contributed by atoms with Crippen molar-refractivity contribution in [3.8, 4) is 0 Å². The van der Waals surface area contributed by atoms with E-state index in [0.29, 0.717) is 0 Å². The minimum Gasteiger partial charge on any atom is -0.391 e. The largest absolute Gasteiger partial charge is 0.391 e. The van der Waals surface area contributed by atoms with Crippen LogP contribution in [0.3, 0.4) is 0 Å². The van der Waals surface area contributed by atoms with Crippen molar-refractivity contribution in [2.45, 2.75) is 12.5 Å². The van der Waals surface area contributed by atoms with E-state index in [0.717, 1.165) is 13.0 Å². The summed E-state index contributed by atoms with van der Waals surface area (Å²) in [4.78, 5) is 0. The molecule has 0 aromatic carbocycles. The van der Waals surface area contributed by atoms with Gasteiger partial charge in [-0.25, -0.2) is 5.11 Å². The Bertz CT molecular complexity index is 80.1. The minimum atomic E-state index is -0.457. The third-order valence-electron chi connectivity index (χ3n) is 1.00. The second kappa shape index (κ2) is 1.98. The van der Waals surface area contributed by atoms with Crippen molar-refractivity contribution in [2.75, 3.05) is 6.54 Å². The predicted octanol–water partition coefficient (Wildman–Crippen LogP) is 0.292. The molecule has 0 amide bonds. The van der Waals surface area contributed by atoms with Gasteiger partial charge < -0.3 is 5.32 Å². The quantitative estimate of drug-likeness (QED) is 0.464. The molecule has 1 N–H and O–H groups in total. The normalized spacial score (nSPS) is 29.6. The first kappa shape index (κ1) is 4.65. The molecule has 1 unspecified atom stereocenters. The van der Waals surface area contributed by atoms with E-state index in [9.17, 15) is 5.11 Å². The van der Waals surface area contributed by atoms with Gasteiger partial charge in [-0.1, -0.05) is 0 Å². The van der Waals surface area contributed by atoms with Gasteiger partial charge in [-0.2, -0.15) is 0 Å². The lowest BCUT2D eigenvalue weighted by Crippen LogP contribution is -2.19. The molecule has 1 rings (SSSR count). The van der Waals surface area contributed by atoms with E-state index in [1.807, 2.05) is 0 Å². The molecule has 0 spiro atoms. The number of hydrogen-bond acceptors (Lipinski definition) is 1. The second-order valence-corrected chi connectivity index (χ2v) is 1.64. The van der Waals surface area contributed by atoms with E-state index < -0.39 is 6.10 Å². The topological polar surface area (TPSA) is 31.9 Å². The molecule has 0 aromatic rings. The van der Waals surface area contributed by atoms with Gasteiger partial charge in [0.1, 0.15) is 6.10 Å². The molecule has 2 heteroatoms. The molecule has 0 saturated heterocycles. The lowest BCUT2D eigenvalue weighted by atomic mass is 10.2. The Labute approximate surface area is 42.8 Å². The summed E-state index contributed by atoms with van der Waals surface area (Å²) < 4.78 is 0. The second-order valence-electron chi connectivity index (χ2n) is 1.64. The average molecular weight is 98.1 g/mol. The van der Waals surface area contributed by atoms with Crippen LogP contribution in [0.2, 0.25) is 0 Å². The summed E-state index contributed by atoms with van der Waals surface area (Å²) in [5, 5.41) is 13.4. The van der Waals surface area contributed by atoms with Crippen LogP contribution in [0, 0.1) is 0 Å². The van der Waals surface area contributed by atoms with Gasteiger partial charge >= 0.3 is 0 Å². The molecule has 2 nitrogen and oxygen atoms in total. The van der Waals surface area contributed by atoms with E-state index in [2.05, 4.69) is 5.32 Å². The van der Waals surface area contributed by atoms with Gasteiger partial charge in [0.05, 0.1) is 0 Å². The Hall–Kier alpha value is -0.500. The standard InChI is InChI=1S/C5H8NO/c7-5-1-3-6-4-2-5/h1,3,5-6H,2,4H2. The fourth-order valence-electron chi connectivity index (χ4n) is 0.581. The molecule has 1 atom stereocenters. The van der Waals surface area contributed by atoms with Crippen LogP contribution >= 0.6 is 0 Å². The van der Waals surface area contributed by atoms with Crippen molar-refractivity contribution in [2.24, 2.45) is 0 Å². The monoisotopic (exact) mass is 98.1 g/mol. The Kier molecular flexibility index (Phi) is 1.32. The first-order chi connectivity index (χ1) is 3.39. The highest BCUT2D eigenvalue weighted by Crippen LogP contribution is 1.95. The first-order valence-corrected chi connectivity index (χ1v) is 2.45. The van der Waals surface area contributed by atoms with E-state index in [-0.39, 0.29) is 0 Å². The molecule has 1 aliphatic heterocycles. The molecule has 1 heterocycles. The summed E-state index contributed by atoms with van der Waals surface area (Å²) in [6.45, 7) is 0.838. The number of nitrogens with one attached hydrogen (secondary N) is 1. The van der Waals surface area contributed by atoms with Crippen molar-refractivity contribution in [1.29, 1.82) is 0 Å². The Balaban J connectivity index is 2.36. The van der Waals surface area contributed by atoms with Crippen LogP contribution in [0.25, 0.3) is 0 Å². The molecule has 0 aromatic heterocycles. The van der Waals surface area contributed by atoms with Crippen LogP contribution in [-0.4, -0.2) is 12.6 Å². The Morgan fingerprint density at radius 1 is 1.71 bits per heavy atom. The molecule has 39 valence electrons. The van der Waals surface area contributed by atoms with Crippen LogP contribution in [0.4, 0.5) is 0 Å². The van der Waals surface area contributed by atoms with E-state index >= 15 is 0 Å². The van der Waals surface area contributed by atoms with Crippen LogP contribution in [-0.2, 0) is 5.11 Å². The molecule has 0 fully saturated rings. The molecule has 0 aliphatic carbocycles. The van der Waals surface area contributed by atoms with Crippen molar-refractivity contribution in [3.05, 3.63) is 12.3 Å². The summed E-state index contributed by atoms with van der Waals surface area (Å²) >= 11 is 0. The summed E-state index contributed by atoms with van der Waals surface area (Å²) in [6, 6.07) is 0. The fraction of sp³-hybridized carbons (Fsp3) is 0.600. The van der Waals surface area contributed by atoms with Gasteiger partial charge in [-0.15, -0.1) is 0 Å². The van der Waals surface area contributed by atoms with E-state index in [1.165, 1.54) is 0 Å². The predicted molar refractivity (Wildman–Crippen MR) is 26.2 cm³/mol. The highest BCUT2D eigenvalue weighted by molar-refractivity contribution is 4.91. The minimum absolute atomic E-state index is 0.457. The molecular formula is C5H8NO. The summed E-state index contributed by atoms with van der Waals surface area (Å²) in [5.41, 5.74) is 0. The van der Waals surface area contributed by atoms with Gasteiger partial charge in [-0.05, 0) is 18.7 Å². The van der Waals surface area contributed by atoms with E-state index in [1.54, 1.807) is 12.3 Å². The van der Waals surface area contributed by atoms with Crippen LogP contribution < -0.4 is 5.32 Å². The molecule has 1 aliphatic rings. The summed E-state index contributed by atoms with van der Waals surface area (Å²) in [5.74, 6) is 0. The highest BCUT2D eigenvalue weighted by Gasteiger charge is 2.02. The first-order valence-electron chi connectivity index (χ1n) is 2.45. The average Bonchev–Trinajstić information content (AvgIpc) is 1.69. The number of rotatable bonds is 0. The van der Waals surface area contributed by atoms with Crippen molar-refractivity contribution < 1.29 is 5.11 Å². The van der Waals surface area contributed by atoms with Crippen molar-refractivity contribution in [1.82, 2.24) is 5.32 Å². The van der Waals surface area contributed by atoms with Crippen LogP contribution in [0.5, 0.6) is 0 Å². The zero-order chi connectivity index (χ0) is 5.11. The summed E-state index contributed by atoms with van der Waals surface area (Å²) in [7, 11) is 0. The van der Waals surface area contributed by atoms with E-state index in [4.69, 9.17) is 0 Å². The lowest BCUT2D eigenvalue weighted by molar-refractivity contribution is 0.118. The van der Waals surface area contributed by atoms with Crippen LogP contribution in [0.15, 0.2) is 12.3 Å². The molecule has 0 saturated carbocycles. The number of hydrogen-bond donors (Lipinski definition) is 1. The SMILES string of the molecule is [O]C1C=CNCC1. The highest BCUT2D eigenvalue weighted by atomic mass is 16.3.